The number of amidine groups is 1. The number of rotatable bonds is 3. The molecule has 0 radical (unpaired) electrons. The van der Waals surface area contributed by atoms with E-state index in [4.69, 9.17) is 5.26 Å². The van der Waals surface area contributed by atoms with E-state index in [1.54, 1.807) is 12.1 Å². The quantitative estimate of drug-likeness (QED) is 0.376. The molecule has 2 aromatic carbocycles. The Morgan fingerprint density at radius 2 is 1.50 bits per heavy atom. The summed E-state index contributed by atoms with van der Waals surface area (Å²) in [6, 6.07) is 15.4. The molecule has 7 heteroatoms. The van der Waals surface area contributed by atoms with Gasteiger partial charge in [0, 0.05) is 37.6 Å². The normalized spacial score (nSPS) is 14.8. The second kappa shape index (κ2) is 8.50. The Bertz CT molecular complexity index is 790. The van der Waals surface area contributed by atoms with Crippen LogP contribution in [0.4, 0.5) is 17.1 Å². The Labute approximate surface area is 157 Å². The minimum atomic E-state index is 0.296. The van der Waals surface area contributed by atoms with E-state index in [0.717, 1.165) is 37.6 Å². The second-order valence-corrected chi connectivity index (χ2v) is 6.66. The van der Waals surface area contributed by atoms with Crippen molar-refractivity contribution in [2.45, 2.75) is 0 Å². The largest absolute Gasteiger partial charge is 0.508 e. The maximum atomic E-state index is 9.41. The molecule has 0 unspecified atom stereocenters. The van der Waals surface area contributed by atoms with E-state index in [1.165, 1.54) is 17.4 Å². The highest BCUT2D eigenvalue weighted by molar-refractivity contribution is 8.13. The van der Waals surface area contributed by atoms with Crippen LogP contribution in [0.5, 0.6) is 5.75 Å². The Balaban J connectivity index is 1.61. The predicted molar refractivity (Wildman–Crippen MR) is 108 cm³/mol. The molecule has 1 saturated heterocycles. The molecule has 1 aliphatic heterocycles. The van der Waals surface area contributed by atoms with E-state index >= 15 is 0 Å². The summed E-state index contributed by atoms with van der Waals surface area (Å²) in [5.41, 5.74) is 3.14. The number of nitrogens with one attached hydrogen (secondary N) is 1. The zero-order valence-electron chi connectivity index (χ0n) is 14.6. The number of anilines is 2. The Morgan fingerprint density at radius 1 is 1.00 bits per heavy atom. The lowest BCUT2D eigenvalue weighted by Crippen LogP contribution is -2.46. The van der Waals surface area contributed by atoms with Gasteiger partial charge < -0.3 is 14.9 Å². The number of piperazine rings is 1. The smallest absolute Gasteiger partial charge is 0.183 e. The molecule has 2 N–H and O–H groups in total. The Morgan fingerprint density at radius 3 is 1.96 bits per heavy atom. The first kappa shape index (κ1) is 18.0. The fraction of sp³-hybridized carbons (Fsp3) is 0.263. The highest BCUT2D eigenvalue weighted by atomic mass is 32.2. The van der Waals surface area contributed by atoms with E-state index < -0.39 is 0 Å². The minimum absolute atomic E-state index is 0.296. The average molecular weight is 367 g/mol. The van der Waals surface area contributed by atoms with Crippen LogP contribution in [0.3, 0.4) is 0 Å². The zero-order valence-corrected chi connectivity index (χ0v) is 15.4. The lowest BCUT2D eigenvalue weighted by atomic mass is 10.2. The van der Waals surface area contributed by atoms with Crippen molar-refractivity contribution in [1.29, 1.82) is 5.26 Å². The standard InChI is InChI=1S/C19H21N5OS/c1-26-19(21-14-20)22-15-2-4-16(5-3-15)23-10-12-24(13-11-23)17-6-8-18(25)9-7-17/h2-9,25H,10-13H2,1H3,(H,21,22). The fourth-order valence-corrected chi connectivity index (χ4v) is 3.26. The summed E-state index contributed by atoms with van der Waals surface area (Å²) in [6.07, 6.45) is 3.77. The molecule has 134 valence electrons. The summed E-state index contributed by atoms with van der Waals surface area (Å²) < 4.78 is 0. The van der Waals surface area contributed by atoms with Crippen LogP contribution in [0.15, 0.2) is 53.5 Å². The van der Waals surface area contributed by atoms with Gasteiger partial charge in [-0.3, -0.25) is 5.32 Å². The first-order valence-electron chi connectivity index (χ1n) is 8.36. The molecule has 0 spiro atoms. The van der Waals surface area contributed by atoms with Crippen LogP contribution >= 0.6 is 11.8 Å². The third-order valence-electron chi connectivity index (χ3n) is 4.30. The van der Waals surface area contributed by atoms with Crippen molar-refractivity contribution in [3.8, 4) is 11.9 Å². The Kier molecular flexibility index (Phi) is 5.87. The molecule has 1 aliphatic rings. The molecule has 3 rings (SSSR count). The first-order valence-corrected chi connectivity index (χ1v) is 9.59. The molecule has 0 saturated carbocycles. The number of phenols is 1. The summed E-state index contributed by atoms with van der Waals surface area (Å²) in [5.74, 6) is 0.296. The molecule has 0 bridgehead atoms. The van der Waals surface area contributed by atoms with Crippen LogP contribution in [0.1, 0.15) is 0 Å². The van der Waals surface area contributed by atoms with Crippen LogP contribution in [-0.4, -0.2) is 42.7 Å². The van der Waals surface area contributed by atoms with Gasteiger partial charge in [0.1, 0.15) is 5.75 Å². The maximum Gasteiger partial charge on any atom is 0.183 e. The number of phenolic OH excluding ortho intramolecular Hbond substituents is 1. The molecule has 0 atom stereocenters. The second-order valence-electron chi connectivity index (χ2n) is 5.86. The highest BCUT2D eigenvalue weighted by Gasteiger charge is 2.17. The summed E-state index contributed by atoms with van der Waals surface area (Å²) >= 11 is 1.41. The van der Waals surface area contributed by atoms with Gasteiger partial charge in [-0.2, -0.15) is 5.26 Å². The van der Waals surface area contributed by atoms with Crippen LogP contribution in [-0.2, 0) is 0 Å². The molecule has 0 aromatic heterocycles. The molecule has 0 amide bonds. The van der Waals surface area contributed by atoms with Crippen LogP contribution in [0.2, 0.25) is 0 Å². The Hall–Kier alpha value is -2.85. The lowest BCUT2D eigenvalue weighted by Gasteiger charge is -2.37. The van der Waals surface area contributed by atoms with Crippen LogP contribution in [0.25, 0.3) is 0 Å². The summed E-state index contributed by atoms with van der Waals surface area (Å²) in [6.45, 7) is 3.76. The van der Waals surface area contributed by atoms with Crippen molar-refractivity contribution < 1.29 is 5.11 Å². The first-order chi connectivity index (χ1) is 12.7. The number of hydrogen-bond donors (Lipinski definition) is 2. The molecular weight excluding hydrogens is 346 g/mol. The van der Waals surface area contributed by atoms with Crippen molar-refractivity contribution in [3.63, 3.8) is 0 Å². The zero-order chi connectivity index (χ0) is 18.4. The number of aliphatic imine (C=N–C) groups is 1. The van der Waals surface area contributed by atoms with Crippen LogP contribution < -0.4 is 15.1 Å². The SMILES string of the molecule is CSC(=Nc1ccc(N2CCN(c3ccc(O)cc3)CC2)cc1)NC#N. The van der Waals surface area contributed by atoms with E-state index in [-0.39, 0.29) is 0 Å². The van der Waals surface area contributed by atoms with Crippen molar-refractivity contribution in [2.75, 3.05) is 42.2 Å². The third-order valence-corrected chi connectivity index (χ3v) is 4.88. The molecule has 1 fully saturated rings. The van der Waals surface area contributed by atoms with Gasteiger partial charge in [0.05, 0.1) is 5.69 Å². The number of aromatic hydroxyl groups is 1. The maximum absolute atomic E-state index is 9.41. The van der Waals surface area contributed by atoms with Crippen molar-refractivity contribution in [2.24, 2.45) is 4.99 Å². The minimum Gasteiger partial charge on any atom is -0.508 e. The van der Waals surface area contributed by atoms with Crippen molar-refractivity contribution >= 4 is 34.0 Å². The number of benzene rings is 2. The number of nitrogens with zero attached hydrogens (tertiary/aromatic N) is 4. The lowest BCUT2D eigenvalue weighted by molar-refractivity contribution is 0.475. The van der Waals surface area contributed by atoms with E-state index in [1.807, 2.05) is 36.7 Å². The third kappa shape index (κ3) is 4.41. The summed E-state index contributed by atoms with van der Waals surface area (Å²) in [5, 5.41) is 21.3. The number of nitriles is 1. The van der Waals surface area contributed by atoms with Gasteiger partial charge in [0.2, 0.25) is 0 Å². The molecule has 6 nitrogen and oxygen atoms in total. The summed E-state index contributed by atoms with van der Waals surface area (Å²) in [4.78, 5) is 9.09. The topological polar surface area (TPSA) is 74.9 Å². The van der Waals surface area contributed by atoms with E-state index in [2.05, 4.69) is 32.2 Å². The summed E-state index contributed by atoms with van der Waals surface area (Å²) in [7, 11) is 0. The van der Waals surface area contributed by atoms with Crippen LogP contribution in [0, 0.1) is 11.5 Å². The monoisotopic (exact) mass is 367 g/mol. The van der Waals surface area contributed by atoms with E-state index in [0.29, 0.717) is 10.9 Å². The van der Waals surface area contributed by atoms with Gasteiger partial charge in [0.15, 0.2) is 11.4 Å². The van der Waals surface area contributed by atoms with Gasteiger partial charge in [-0.15, -0.1) is 0 Å². The van der Waals surface area contributed by atoms with Crippen molar-refractivity contribution in [3.05, 3.63) is 48.5 Å². The van der Waals surface area contributed by atoms with Gasteiger partial charge in [-0.05, 0) is 54.8 Å². The molecule has 0 aliphatic carbocycles. The van der Waals surface area contributed by atoms with Gasteiger partial charge in [-0.25, -0.2) is 4.99 Å². The predicted octanol–water partition coefficient (Wildman–Crippen LogP) is 3.14. The fourth-order valence-electron chi connectivity index (χ4n) is 2.91. The molecule has 26 heavy (non-hydrogen) atoms. The van der Waals surface area contributed by atoms with E-state index in [9.17, 15) is 5.11 Å². The van der Waals surface area contributed by atoms with Gasteiger partial charge in [0.25, 0.3) is 0 Å². The van der Waals surface area contributed by atoms with Gasteiger partial charge >= 0.3 is 0 Å². The van der Waals surface area contributed by atoms with Crippen molar-refractivity contribution in [1.82, 2.24) is 5.32 Å². The number of thioether (sulfide) groups is 1. The molecular formula is C19H21N5OS. The average Bonchev–Trinajstić information content (AvgIpc) is 2.69. The highest BCUT2D eigenvalue weighted by Crippen LogP contribution is 2.24. The number of hydrogen-bond acceptors (Lipinski definition) is 6. The van der Waals surface area contributed by atoms with Gasteiger partial charge in [-0.1, -0.05) is 11.8 Å². The molecule has 1 heterocycles. The molecule has 2 aromatic rings.